The Balaban J connectivity index is 1.04. The largest absolute Gasteiger partial charge is 0.494 e. The normalized spacial score (nSPS) is 21.3. The smallest absolute Gasteiger partial charge is 0.247 e. The highest BCUT2D eigenvalue weighted by molar-refractivity contribution is 9.10. The van der Waals surface area contributed by atoms with Gasteiger partial charge >= 0.3 is 0 Å². The lowest BCUT2D eigenvalue weighted by molar-refractivity contribution is -0.111. The Morgan fingerprint density at radius 2 is 1.65 bits per heavy atom. The number of methoxy groups -OCH3 is 1. The van der Waals surface area contributed by atoms with Crippen molar-refractivity contribution >= 4 is 62.1 Å². The van der Waals surface area contributed by atoms with E-state index in [9.17, 15) is 4.79 Å². The maximum absolute atomic E-state index is 12.7. The number of halogens is 2. The molecule has 4 fully saturated rings. The topological polar surface area (TPSA) is 102 Å². The molecule has 4 saturated heterocycles. The zero-order chi connectivity index (χ0) is 36.2. The van der Waals surface area contributed by atoms with Gasteiger partial charge in [0.05, 0.1) is 41.8 Å². The number of aromatic nitrogens is 2. The fourth-order valence-electron chi connectivity index (χ4n) is 8.11. The van der Waals surface area contributed by atoms with E-state index < -0.39 is 0 Å². The van der Waals surface area contributed by atoms with Crippen molar-refractivity contribution in [3.63, 3.8) is 0 Å². The summed E-state index contributed by atoms with van der Waals surface area (Å²) in [7, 11) is 3.89. The maximum atomic E-state index is 12.7. The van der Waals surface area contributed by atoms with E-state index in [4.69, 9.17) is 21.2 Å². The molecular weight excluding hydrogens is 746 g/mol. The molecule has 4 aliphatic heterocycles. The molecule has 3 aromatic rings. The number of carbonyl (C=O) groups excluding carboxylic acids is 1. The Kier molecular flexibility index (Phi) is 11.8. The molecule has 52 heavy (non-hydrogen) atoms. The number of piperidine rings is 2. The average molecular weight is 795 g/mol. The highest BCUT2D eigenvalue weighted by Crippen LogP contribution is 2.42. The molecule has 0 radical (unpaired) electrons. The van der Waals surface area contributed by atoms with Crippen LogP contribution in [0, 0.1) is 0 Å². The Hall–Kier alpha value is -3.46. The number of likely N-dealkylation sites (tertiary alicyclic amines) is 1. The number of piperazine rings is 1. The minimum atomic E-state index is -0.275. The van der Waals surface area contributed by atoms with Gasteiger partial charge in [0.15, 0.2) is 5.82 Å². The van der Waals surface area contributed by atoms with E-state index in [2.05, 4.69) is 69.8 Å². The van der Waals surface area contributed by atoms with Crippen LogP contribution in [-0.4, -0.2) is 116 Å². The van der Waals surface area contributed by atoms with Crippen LogP contribution in [0.2, 0.25) is 5.02 Å². The van der Waals surface area contributed by atoms with Crippen molar-refractivity contribution < 1.29 is 14.4 Å². The molecule has 7 rings (SSSR count). The quantitative estimate of drug-likeness (QED) is 0.225. The fourth-order valence-corrected chi connectivity index (χ4v) is 8.82. The van der Waals surface area contributed by atoms with Crippen LogP contribution in [0.1, 0.15) is 43.7 Å². The zero-order valence-electron chi connectivity index (χ0n) is 30.1. The van der Waals surface area contributed by atoms with Crippen molar-refractivity contribution in [1.82, 2.24) is 24.7 Å². The number of hydrogen-bond donors (Lipinski definition) is 2. The zero-order valence-corrected chi connectivity index (χ0v) is 32.4. The highest BCUT2D eigenvalue weighted by Gasteiger charge is 2.33. The van der Waals surface area contributed by atoms with E-state index in [0.29, 0.717) is 46.4 Å². The molecule has 0 spiro atoms. The Morgan fingerprint density at radius 1 is 0.962 bits per heavy atom. The summed E-state index contributed by atoms with van der Waals surface area (Å²) in [6, 6.07) is 12.8. The van der Waals surface area contributed by atoms with Crippen molar-refractivity contribution in [3.05, 3.63) is 70.4 Å². The van der Waals surface area contributed by atoms with Crippen LogP contribution in [0.25, 0.3) is 0 Å². The van der Waals surface area contributed by atoms with Crippen molar-refractivity contribution in [1.29, 1.82) is 0 Å². The summed E-state index contributed by atoms with van der Waals surface area (Å²) in [4.78, 5) is 38.0. The van der Waals surface area contributed by atoms with Gasteiger partial charge in [-0.25, -0.2) is 15.0 Å². The number of nitrogens with one attached hydrogen (secondary N) is 2. The SMILES string of the molecule is C=CC(=O)Nc1cc(Nc2cc(N3OCC[C@@H]3c3cccc(Cl)c3Br)ncn2)c(OC)cc1N1CCC(N2CCN(C3CCN(C)CC3)CC2)CC1. The standard InChI is InChI=1S/C38H49BrClN9O3/c1-4-37(50)44-30-22-31(43-35-24-36(42-25-41-35)49-32(12-21-52-49)28-6-5-7-29(40)38(28)39)34(51-3)23-33(30)48-15-10-27(11-16-48)47-19-17-46(18-20-47)26-8-13-45(2)14-9-26/h4-7,22-27,32H,1,8-21H2,2-3H3,(H,44,50)(H,41,42,43)/t32-/m1/s1. The number of nitrogens with zero attached hydrogens (tertiary/aromatic N) is 7. The highest BCUT2D eigenvalue weighted by atomic mass is 79.9. The van der Waals surface area contributed by atoms with E-state index in [0.717, 1.165) is 80.3 Å². The van der Waals surface area contributed by atoms with Gasteiger partial charge in [0.25, 0.3) is 0 Å². The second-order valence-electron chi connectivity index (χ2n) is 14.1. The van der Waals surface area contributed by atoms with Gasteiger partial charge in [-0.15, -0.1) is 0 Å². The van der Waals surface area contributed by atoms with E-state index in [1.165, 1.54) is 38.3 Å². The first-order valence-electron chi connectivity index (χ1n) is 18.3. The van der Waals surface area contributed by atoms with Crippen LogP contribution in [0.4, 0.5) is 28.7 Å². The summed E-state index contributed by atoms with van der Waals surface area (Å²) in [6.45, 7) is 13.0. The lowest BCUT2D eigenvalue weighted by atomic mass is 9.99. The van der Waals surface area contributed by atoms with Gasteiger partial charge in [0, 0.05) is 74.4 Å². The van der Waals surface area contributed by atoms with Crippen LogP contribution >= 0.6 is 27.5 Å². The Labute approximate surface area is 320 Å². The first-order valence-corrected chi connectivity index (χ1v) is 19.5. The van der Waals surface area contributed by atoms with Crippen molar-refractivity contribution in [2.24, 2.45) is 0 Å². The molecule has 12 nitrogen and oxygen atoms in total. The van der Waals surface area contributed by atoms with Crippen LogP contribution in [0.3, 0.4) is 0 Å². The van der Waals surface area contributed by atoms with Gasteiger partial charge in [-0.05, 0) is 85.5 Å². The van der Waals surface area contributed by atoms with Gasteiger partial charge in [0.2, 0.25) is 5.91 Å². The van der Waals surface area contributed by atoms with E-state index in [1.807, 2.05) is 36.4 Å². The summed E-state index contributed by atoms with van der Waals surface area (Å²) in [5.41, 5.74) is 3.28. The third kappa shape index (κ3) is 8.19. The number of ether oxygens (including phenoxy) is 1. The summed E-state index contributed by atoms with van der Waals surface area (Å²) >= 11 is 10.1. The third-order valence-electron chi connectivity index (χ3n) is 11.0. The molecule has 1 atom stereocenters. The second kappa shape index (κ2) is 16.7. The predicted octanol–water partition coefficient (Wildman–Crippen LogP) is 6.33. The lowest BCUT2D eigenvalue weighted by Gasteiger charge is -2.46. The molecule has 0 bridgehead atoms. The molecular formula is C38H49BrClN9O3. The van der Waals surface area contributed by atoms with Crippen LogP contribution < -0.4 is 25.3 Å². The molecule has 5 heterocycles. The number of anilines is 5. The molecule has 1 amide bonds. The summed E-state index contributed by atoms with van der Waals surface area (Å²) in [5, 5.41) is 8.90. The Bertz CT molecular complexity index is 1730. The van der Waals surface area contributed by atoms with Gasteiger partial charge in [0.1, 0.15) is 17.9 Å². The van der Waals surface area contributed by atoms with Crippen molar-refractivity contribution in [3.8, 4) is 5.75 Å². The van der Waals surface area contributed by atoms with E-state index >= 15 is 0 Å². The third-order valence-corrected chi connectivity index (χ3v) is 12.5. The van der Waals surface area contributed by atoms with Gasteiger partial charge in [-0.1, -0.05) is 30.3 Å². The van der Waals surface area contributed by atoms with Gasteiger partial charge < -0.3 is 25.2 Å². The minimum Gasteiger partial charge on any atom is -0.494 e. The van der Waals surface area contributed by atoms with Crippen LogP contribution in [0.5, 0.6) is 5.75 Å². The molecule has 1 aromatic heterocycles. The number of rotatable bonds is 10. The fraction of sp³-hybridized carbons (Fsp3) is 0.500. The molecule has 0 saturated carbocycles. The van der Waals surface area contributed by atoms with Crippen LogP contribution in [0.15, 0.2) is 59.9 Å². The first-order chi connectivity index (χ1) is 25.3. The summed E-state index contributed by atoms with van der Waals surface area (Å²) in [5.74, 6) is 1.52. The molecule has 14 heteroatoms. The lowest BCUT2D eigenvalue weighted by Crippen LogP contribution is -2.56. The average Bonchev–Trinajstić information content (AvgIpc) is 3.67. The number of hydroxylamine groups is 1. The van der Waals surface area contributed by atoms with E-state index in [1.54, 1.807) is 12.2 Å². The van der Waals surface area contributed by atoms with Gasteiger partial charge in [-0.3, -0.25) is 19.4 Å². The van der Waals surface area contributed by atoms with Crippen LogP contribution in [-0.2, 0) is 9.63 Å². The first kappa shape index (κ1) is 36.9. The van der Waals surface area contributed by atoms with Crippen molar-refractivity contribution in [2.75, 3.05) is 93.7 Å². The second-order valence-corrected chi connectivity index (χ2v) is 15.3. The molecule has 2 N–H and O–H groups in total. The van der Waals surface area contributed by atoms with Gasteiger partial charge in [-0.2, -0.15) is 0 Å². The number of amides is 1. The van der Waals surface area contributed by atoms with Crippen molar-refractivity contribution in [2.45, 2.75) is 50.2 Å². The Morgan fingerprint density at radius 3 is 2.33 bits per heavy atom. The molecule has 278 valence electrons. The summed E-state index contributed by atoms with van der Waals surface area (Å²) in [6.07, 6.45) is 8.29. The molecule has 0 unspecified atom stereocenters. The number of hydrogen-bond acceptors (Lipinski definition) is 11. The minimum absolute atomic E-state index is 0.0804. The molecule has 2 aromatic carbocycles. The number of carbonyl (C=O) groups is 1. The maximum Gasteiger partial charge on any atom is 0.247 e. The predicted molar refractivity (Wildman–Crippen MR) is 211 cm³/mol. The molecule has 0 aliphatic carbocycles. The van der Waals surface area contributed by atoms with E-state index in [-0.39, 0.29) is 11.9 Å². The monoisotopic (exact) mass is 793 g/mol. The number of benzene rings is 2. The summed E-state index contributed by atoms with van der Waals surface area (Å²) < 4.78 is 6.75. The molecule has 4 aliphatic rings.